The summed E-state index contributed by atoms with van der Waals surface area (Å²) in [4.78, 5) is 23.6. The Hall–Kier alpha value is -2.82. The molecule has 2 rings (SSSR count). The van der Waals surface area contributed by atoms with E-state index in [1.807, 2.05) is 0 Å². The molecule has 0 bridgehead atoms. The van der Waals surface area contributed by atoms with Gasteiger partial charge in [0.25, 0.3) is 0 Å². The number of aliphatic carboxylic acids is 1. The van der Waals surface area contributed by atoms with Crippen LogP contribution >= 0.6 is 0 Å². The number of carboxylic acids is 1. The molecule has 0 aliphatic heterocycles. The van der Waals surface area contributed by atoms with E-state index in [0.29, 0.717) is 11.1 Å². The molecule has 0 heterocycles. The van der Waals surface area contributed by atoms with Crippen LogP contribution in [0, 0.1) is 5.92 Å². The summed E-state index contributed by atoms with van der Waals surface area (Å²) in [6.45, 7) is 0. The minimum Gasteiger partial charge on any atom is -0.504 e. The Morgan fingerprint density at radius 3 is 2.19 bits per heavy atom. The van der Waals surface area contributed by atoms with Gasteiger partial charge >= 0.3 is 5.97 Å². The summed E-state index contributed by atoms with van der Waals surface area (Å²) in [7, 11) is 0. The minimum absolute atomic E-state index is 0.0586. The van der Waals surface area contributed by atoms with Crippen molar-refractivity contribution in [2.45, 2.75) is 6.42 Å². The van der Waals surface area contributed by atoms with Gasteiger partial charge in [-0.15, -0.1) is 0 Å². The number of carbonyl (C=O) groups excluding carboxylic acids is 1. The Labute approximate surface area is 121 Å². The number of hydrogen-bond acceptors (Lipinski definition) is 4. The maximum atomic E-state index is 12.2. The molecule has 5 heteroatoms. The van der Waals surface area contributed by atoms with Gasteiger partial charge in [0.05, 0.1) is 0 Å². The largest absolute Gasteiger partial charge is 0.504 e. The number of ketones is 1. The third-order valence-electron chi connectivity index (χ3n) is 3.15. The predicted molar refractivity (Wildman–Crippen MR) is 75.4 cm³/mol. The number of carboxylic acid groups (broad SMARTS) is 1. The first-order valence-electron chi connectivity index (χ1n) is 6.32. The smallest absolute Gasteiger partial charge is 0.314 e. The molecule has 5 nitrogen and oxygen atoms in total. The summed E-state index contributed by atoms with van der Waals surface area (Å²) in [5, 5.41) is 27.9. The Kier molecular flexibility index (Phi) is 4.23. The molecule has 0 amide bonds. The van der Waals surface area contributed by atoms with Crippen molar-refractivity contribution >= 4 is 11.8 Å². The number of carbonyl (C=O) groups is 2. The molecule has 1 atom stereocenters. The number of benzene rings is 2. The van der Waals surface area contributed by atoms with Crippen LogP contribution in [0.3, 0.4) is 0 Å². The van der Waals surface area contributed by atoms with Gasteiger partial charge in [0.15, 0.2) is 17.3 Å². The first kappa shape index (κ1) is 14.6. The van der Waals surface area contributed by atoms with E-state index in [1.54, 1.807) is 30.3 Å². The van der Waals surface area contributed by atoms with E-state index < -0.39 is 17.7 Å². The molecule has 3 N–H and O–H groups in total. The third kappa shape index (κ3) is 3.39. The van der Waals surface area contributed by atoms with Crippen molar-refractivity contribution in [3.8, 4) is 11.5 Å². The number of aromatic hydroxyl groups is 2. The molecule has 108 valence electrons. The second kappa shape index (κ2) is 6.09. The number of phenols is 2. The van der Waals surface area contributed by atoms with Gasteiger partial charge in [0, 0.05) is 5.56 Å². The fourth-order valence-electron chi connectivity index (χ4n) is 2.03. The van der Waals surface area contributed by atoms with Crippen LogP contribution in [-0.4, -0.2) is 27.1 Å². The highest BCUT2D eigenvalue weighted by Gasteiger charge is 2.27. The van der Waals surface area contributed by atoms with Crippen LogP contribution in [0.5, 0.6) is 11.5 Å². The summed E-state index contributed by atoms with van der Waals surface area (Å²) in [6.07, 6.45) is -0.0586. The van der Waals surface area contributed by atoms with Crippen LogP contribution in [0.1, 0.15) is 15.9 Å². The first-order valence-corrected chi connectivity index (χ1v) is 6.32. The molecule has 0 spiro atoms. The number of phenolic OH excluding ortho intramolecular Hbond substituents is 2. The zero-order valence-electron chi connectivity index (χ0n) is 11.1. The fraction of sp³-hybridized carbons (Fsp3) is 0.125. The molecule has 0 aliphatic rings. The van der Waals surface area contributed by atoms with Crippen LogP contribution in [-0.2, 0) is 11.2 Å². The average molecular weight is 286 g/mol. The van der Waals surface area contributed by atoms with Crippen molar-refractivity contribution < 1.29 is 24.9 Å². The van der Waals surface area contributed by atoms with Crippen molar-refractivity contribution in [3.05, 3.63) is 59.7 Å². The van der Waals surface area contributed by atoms with E-state index in [1.165, 1.54) is 18.2 Å². The summed E-state index contributed by atoms with van der Waals surface area (Å²) >= 11 is 0. The van der Waals surface area contributed by atoms with E-state index in [0.717, 1.165) is 0 Å². The third-order valence-corrected chi connectivity index (χ3v) is 3.15. The highest BCUT2D eigenvalue weighted by Crippen LogP contribution is 2.26. The first-order chi connectivity index (χ1) is 9.99. The second-order valence-corrected chi connectivity index (χ2v) is 4.65. The maximum absolute atomic E-state index is 12.2. The molecule has 0 fully saturated rings. The van der Waals surface area contributed by atoms with Crippen LogP contribution in [0.4, 0.5) is 0 Å². The average Bonchev–Trinajstić information content (AvgIpc) is 2.48. The zero-order chi connectivity index (χ0) is 15.4. The minimum atomic E-state index is -1.24. The van der Waals surface area contributed by atoms with Gasteiger partial charge in [-0.25, -0.2) is 0 Å². The van der Waals surface area contributed by atoms with Gasteiger partial charge < -0.3 is 15.3 Å². The van der Waals surface area contributed by atoms with E-state index in [9.17, 15) is 24.9 Å². The molecule has 21 heavy (non-hydrogen) atoms. The second-order valence-electron chi connectivity index (χ2n) is 4.65. The van der Waals surface area contributed by atoms with Crippen molar-refractivity contribution in [1.29, 1.82) is 0 Å². The van der Waals surface area contributed by atoms with E-state index in [-0.39, 0.29) is 17.9 Å². The molecule has 0 aromatic heterocycles. The van der Waals surface area contributed by atoms with Gasteiger partial charge in [-0.1, -0.05) is 36.4 Å². The molecule has 0 radical (unpaired) electrons. The van der Waals surface area contributed by atoms with Crippen molar-refractivity contribution in [3.63, 3.8) is 0 Å². The molecule has 0 aliphatic carbocycles. The monoisotopic (exact) mass is 286 g/mol. The molecule has 0 saturated heterocycles. The standard InChI is InChI=1S/C16H14O5/c17-13-7-6-10(9-14(13)18)8-12(16(20)21)15(19)11-4-2-1-3-5-11/h1-7,9,12,17-18H,8H2,(H,20,21)/t12-/m1/s1. The number of rotatable bonds is 5. The lowest BCUT2D eigenvalue weighted by atomic mass is 9.91. The Morgan fingerprint density at radius 2 is 1.62 bits per heavy atom. The van der Waals surface area contributed by atoms with Crippen molar-refractivity contribution in [2.24, 2.45) is 5.92 Å². The SMILES string of the molecule is O=C(O)[C@H](Cc1ccc(O)c(O)c1)C(=O)c1ccccc1. The van der Waals surface area contributed by atoms with E-state index in [2.05, 4.69) is 0 Å². The van der Waals surface area contributed by atoms with Crippen LogP contribution in [0.25, 0.3) is 0 Å². The topological polar surface area (TPSA) is 94.8 Å². The Morgan fingerprint density at radius 1 is 0.952 bits per heavy atom. The summed E-state index contributed by atoms with van der Waals surface area (Å²) in [5.41, 5.74) is 0.787. The zero-order valence-corrected chi connectivity index (χ0v) is 11.1. The van der Waals surface area contributed by atoms with Crippen molar-refractivity contribution in [1.82, 2.24) is 0 Å². The lowest BCUT2D eigenvalue weighted by Gasteiger charge is -2.12. The highest BCUT2D eigenvalue weighted by atomic mass is 16.4. The van der Waals surface area contributed by atoms with Crippen LogP contribution < -0.4 is 0 Å². The fourth-order valence-corrected chi connectivity index (χ4v) is 2.03. The number of hydrogen-bond donors (Lipinski definition) is 3. The van der Waals surface area contributed by atoms with Gasteiger partial charge in [-0.2, -0.15) is 0 Å². The Balaban J connectivity index is 2.25. The normalized spacial score (nSPS) is 11.8. The highest BCUT2D eigenvalue weighted by molar-refractivity contribution is 6.08. The molecule has 0 unspecified atom stereocenters. The molecule has 2 aromatic rings. The lowest BCUT2D eigenvalue weighted by molar-refractivity contribution is -0.139. The predicted octanol–water partition coefficient (Wildman–Crippen LogP) is 2.22. The summed E-state index contributed by atoms with van der Waals surface area (Å²) < 4.78 is 0. The van der Waals surface area contributed by atoms with Crippen LogP contribution in [0.15, 0.2) is 48.5 Å². The summed E-state index contributed by atoms with van der Waals surface area (Å²) in [5.74, 6) is -3.59. The van der Waals surface area contributed by atoms with Gasteiger partial charge in [0.1, 0.15) is 5.92 Å². The number of Topliss-reactive ketones (excluding diaryl/α,β-unsaturated/α-hetero) is 1. The van der Waals surface area contributed by atoms with E-state index >= 15 is 0 Å². The van der Waals surface area contributed by atoms with Crippen molar-refractivity contribution in [2.75, 3.05) is 0 Å². The molecule has 0 saturated carbocycles. The van der Waals surface area contributed by atoms with E-state index in [4.69, 9.17) is 0 Å². The summed E-state index contributed by atoms with van der Waals surface area (Å²) in [6, 6.07) is 12.2. The van der Waals surface area contributed by atoms with Crippen LogP contribution in [0.2, 0.25) is 0 Å². The van der Waals surface area contributed by atoms with Gasteiger partial charge in [-0.05, 0) is 24.1 Å². The quantitative estimate of drug-likeness (QED) is 0.445. The van der Waals surface area contributed by atoms with Gasteiger partial charge in [0.2, 0.25) is 0 Å². The molecular formula is C16H14O5. The molecular weight excluding hydrogens is 272 g/mol. The Bertz CT molecular complexity index is 664. The maximum Gasteiger partial charge on any atom is 0.314 e. The van der Waals surface area contributed by atoms with Gasteiger partial charge in [-0.3, -0.25) is 9.59 Å². The molecule has 2 aromatic carbocycles. The lowest BCUT2D eigenvalue weighted by Crippen LogP contribution is -2.26.